The number of nitrogens with one attached hydrogen (secondary N) is 1. The molecule has 0 bridgehead atoms. The summed E-state index contributed by atoms with van der Waals surface area (Å²) in [6.07, 6.45) is -3.02. The van der Waals surface area contributed by atoms with Gasteiger partial charge in [0.2, 0.25) is 5.91 Å². The van der Waals surface area contributed by atoms with E-state index in [1.165, 1.54) is 13.0 Å². The Hall–Kier alpha value is -2.03. The summed E-state index contributed by atoms with van der Waals surface area (Å²) >= 11 is 0. The van der Waals surface area contributed by atoms with E-state index in [0.717, 1.165) is 12.3 Å². The van der Waals surface area contributed by atoms with Crippen LogP contribution in [0.1, 0.15) is 24.6 Å². The Kier molecular flexibility index (Phi) is 4.72. The Bertz CT molecular complexity index is 486. The average molecular weight is 256 g/mol. The van der Waals surface area contributed by atoms with E-state index >= 15 is 0 Å². The average Bonchev–Trinajstić information content (AvgIpc) is 2.27. The molecule has 0 aromatic carbocycles. The molecule has 0 spiro atoms. The number of alkyl halides is 3. The molecule has 1 aromatic rings. The predicted octanol–water partition coefficient (Wildman–Crippen LogP) is 1.98. The van der Waals surface area contributed by atoms with E-state index in [-0.39, 0.29) is 11.5 Å². The van der Waals surface area contributed by atoms with Crippen molar-refractivity contribution in [3.05, 3.63) is 29.6 Å². The first-order valence-electron chi connectivity index (χ1n) is 5.16. The van der Waals surface area contributed by atoms with Gasteiger partial charge in [-0.3, -0.25) is 9.78 Å². The Labute approximate surface area is 102 Å². The molecular formula is C12H11F3N2O. The van der Waals surface area contributed by atoms with E-state index in [2.05, 4.69) is 22.1 Å². The number of pyridine rings is 1. The molecule has 3 nitrogen and oxygen atoms in total. The molecule has 18 heavy (non-hydrogen) atoms. The van der Waals surface area contributed by atoms with Crippen molar-refractivity contribution in [2.45, 2.75) is 19.5 Å². The fourth-order valence-electron chi connectivity index (χ4n) is 1.13. The molecule has 0 aliphatic heterocycles. The molecule has 96 valence electrons. The van der Waals surface area contributed by atoms with Crippen molar-refractivity contribution in [3.63, 3.8) is 0 Å². The monoisotopic (exact) mass is 256 g/mol. The summed E-state index contributed by atoms with van der Waals surface area (Å²) in [5.74, 6) is 5.10. The Morgan fingerprint density at radius 3 is 2.83 bits per heavy atom. The quantitative estimate of drug-likeness (QED) is 0.649. The van der Waals surface area contributed by atoms with E-state index in [9.17, 15) is 18.0 Å². The topological polar surface area (TPSA) is 42.0 Å². The zero-order chi connectivity index (χ0) is 13.6. The van der Waals surface area contributed by atoms with Gasteiger partial charge in [0.15, 0.2) is 0 Å². The van der Waals surface area contributed by atoms with Crippen LogP contribution in [0.2, 0.25) is 0 Å². The number of amides is 1. The third-order valence-electron chi connectivity index (χ3n) is 1.91. The summed E-state index contributed by atoms with van der Waals surface area (Å²) in [6.45, 7) is 1.76. The summed E-state index contributed by atoms with van der Waals surface area (Å²) in [6, 6.07) is 2.30. The number of carbonyl (C=O) groups is 1. The van der Waals surface area contributed by atoms with Crippen molar-refractivity contribution >= 4 is 5.91 Å². The summed E-state index contributed by atoms with van der Waals surface area (Å²) in [7, 11) is 0. The minimum absolute atomic E-state index is 0.167. The molecule has 0 saturated heterocycles. The van der Waals surface area contributed by atoms with Gasteiger partial charge in [-0.2, -0.15) is 13.2 Å². The van der Waals surface area contributed by atoms with Crippen LogP contribution < -0.4 is 5.32 Å². The van der Waals surface area contributed by atoms with E-state index in [0.29, 0.717) is 13.0 Å². The van der Waals surface area contributed by atoms with Gasteiger partial charge in [0, 0.05) is 31.6 Å². The minimum Gasteiger partial charge on any atom is -0.355 e. The van der Waals surface area contributed by atoms with Gasteiger partial charge in [-0.05, 0) is 12.1 Å². The molecule has 0 unspecified atom stereocenters. The summed E-state index contributed by atoms with van der Waals surface area (Å²) in [4.78, 5) is 13.8. The highest BCUT2D eigenvalue weighted by Crippen LogP contribution is 2.27. The van der Waals surface area contributed by atoms with Crippen LogP contribution >= 0.6 is 0 Å². The van der Waals surface area contributed by atoms with Gasteiger partial charge in [0.25, 0.3) is 0 Å². The van der Waals surface area contributed by atoms with Crippen LogP contribution in [-0.4, -0.2) is 17.4 Å². The first kappa shape index (κ1) is 14.0. The molecule has 1 aromatic heterocycles. The van der Waals surface area contributed by atoms with E-state index in [1.54, 1.807) is 0 Å². The lowest BCUT2D eigenvalue weighted by molar-refractivity contribution is -0.141. The fourth-order valence-corrected chi connectivity index (χ4v) is 1.13. The first-order valence-corrected chi connectivity index (χ1v) is 5.16. The molecule has 0 aliphatic carbocycles. The molecule has 0 atom stereocenters. The highest BCUT2D eigenvalue weighted by Gasteiger charge is 2.32. The number of rotatable bonds is 2. The van der Waals surface area contributed by atoms with Crippen molar-refractivity contribution in [2.24, 2.45) is 0 Å². The molecule has 1 heterocycles. The van der Waals surface area contributed by atoms with Gasteiger partial charge in [-0.15, -0.1) is 0 Å². The van der Waals surface area contributed by atoms with Crippen LogP contribution in [0.15, 0.2) is 18.3 Å². The predicted molar refractivity (Wildman–Crippen MR) is 59.4 cm³/mol. The minimum atomic E-state index is -4.46. The SMILES string of the molecule is CC(=O)NCCC#Cc1ccnc(C(F)(F)F)c1. The second kappa shape index (κ2) is 6.05. The third kappa shape index (κ3) is 4.87. The zero-order valence-corrected chi connectivity index (χ0v) is 9.64. The maximum atomic E-state index is 12.3. The number of carbonyl (C=O) groups excluding carboxylic acids is 1. The van der Waals surface area contributed by atoms with Crippen LogP contribution in [0.25, 0.3) is 0 Å². The van der Waals surface area contributed by atoms with Crippen molar-refractivity contribution in [2.75, 3.05) is 6.54 Å². The van der Waals surface area contributed by atoms with Crippen LogP contribution in [0.4, 0.5) is 13.2 Å². The first-order chi connectivity index (χ1) is 8.39. The van der Waals surface area contributed by atoms with Crippen LogP contribution in [0.5, 0.6) is 0 Å². The molecule has 1 rings (SSSR count). The lowest BCUT2D eigenvalue weighted by Crippen LogP contribution is -2.20. The fraction of sp³-hybridized carbons (Fsp3) is 0.333. The number of hydrogen-bond acceptors (Lipinski definition) is 2. The summed E-state index contributed by atoms with van der Waals surface area (Å²) in [5, 5.41) is 2.53. The summed E-state index contributed by atoms with van der Waals surface area (Å²) < 4.78 is 37.0. The third-order valence-corrected chi connectivity index (χ3v) is 1.91. The standard InChI is InChI=1S/C12H11F3N2O/c1-9(18)16-6-3-2-4-10-5-7-17-11(8-10)12(13,14)15/h5,7-8H,3,6H2,1H3,(H,16,18). The van der Waals surface area contributed by atoms with Crippen molar-refractivity contribution in [3.8, 4) is 11.8 Å². The Morgan fingerprint density at radius 1 is 1.50 bits per heavy atom. The zero-order valence-electron chi connectivity index (χ0n) is 9.64. The van der Waals surface area contributed by atoms with Crippen LogP contribution in [-0.2, 0) is 11.0 Å². The molecule has 6 heteroatoms. The number of nitrogens with zero attached hydrogens (tertiary/aromatic N) is 1. The van der Waals surface area contributed by atoms with Gasteiger partial charge in [0.1, 0.15) is 5.69 Å². The highest BCUT2D eigenvalue weighted by atomic mass is 19.4. The van der Waals surface area contributed by atoms with E-state index in [1.807, 2.05) is 0 Å². The van der Waals surface area contributed by atoms with Crippen molar-refractivity contribution in [1.29, 1.82) is 0 Å². The van der Waals surface area contributed by atoms with Gasteiger partial charge >= 0.3 is 6.18 Å². The number of hydrogen-bond donors (Lipinski definition) is 1. The largest absolute Gasteiger partial charge is 0.433 e. The Morgan fingerprint density at radius 2 is 2.22 bits per heavy atom. The van der Waals surface area contributed by atoms with Crippen molar-refractivity contribution in [1.82, 2.24) is 10.3 Å². The molecule has 0 aliphatic rings. The molecular weight excluding hydrogens is 245 g/mol. The molecule has 1 N–H and O–H groups in total. The number of halogens is 3. The van der Waals surface area contributed by atoms with Gasteiger partial charge in [0.05, 0.1) is 0 Å². The second-order valence-electron chi connectivity index (χ2n) is 3.46. The smallest absolute Gasteiger partial charge is 0.355 e. The van der Waals surface area contributed by atoms with Gasteiger partial charge in [-0.25, -0.2) is 0 Å². The number of aromatic nitrogens is 1. The highest BCUT2D eigenvalue weighted by molar-refractivity contribution is 5.72. The second-order valence-corrected chi connectivity index (χ2v) is 3.46. The van der Waals surface area contributed by atoms with Crippen molar-refractivity contribution < 1.29 is 18.0 Å². The lowest BCUT2D eigenvalue weighted by atomic mass is 10.2. The molecule has 0 radical (unpaired) electrons. The summed E-state index contributed by atoms with van der Waals surface area (Å²) in [5.41, 5.74) is -0.712. The maximum absolute atomic E-state index is 12.3. The van der Waals surface area contributed by atoms with E-state index < -0.39 is 11.9 Å². The van der Waals surface area contributed by atoms with Crippen LogP contribution in [0, 0.1) is 11.8 Å². The lowest BCUT2D eigenvalue weighted by Gasteiger charge is -2.04. The maximum Gasteiger partial charge on any atom is 0.433 e. The van der Waals surface area contributed by atoms with Gasteiger partial charge < -0.3 is 5.32 Å². The molecule has 0 fully saturated rings. The molecule has 0 saturated carbocycles. The van der Waals surface area contributed by atoms with Gasteiger partial charge in [-0.1, -0.05) is 11.8 Å². The van der Waals surface area contributed by atoms with E-state index in [4.69, 9.17) is 0 Å². The van der Waals surface area contributed by atoms with Crippen LogP contribution in [0.3, 0.4) is 0 Å². The normalized spacial score (nSPS) is 10.4. The molecule has 1 amide bonds. The Balaban J connectivity index is 2.63.